The van der Waals surface area contributed by atoms with Gasteiger partial charge in [-0.3, -0.25) is 0 Å². The molecular formula is C21H20O3. The molecule has 0 N–H and O–H groups in total. The molecule has 3 rings (SSSR count). The van der Waals surface area contributed by atoms with E-state index in [1.165, 1.54) is 0 Å². The summed E-state index contributed by atoms with van der Waals surface area (Å²) < 4.78 is 11.1. The number of benzene rings is 2. The Morgan fingerprint density at radius 3 is 2.92 bits per heavy atom. The molecular weight excluding hydrogens is 300 g/mol. The zero-order chi connectivity index (χ0) is 16.8. The van der Waals surface area contributed by atoms with Crippen molar-refractivity contribution in [2.45, 2.75) is 13.3 Å². The van der Waals surface area contributed by atoms with Crippen LogP contribution in [0.4, 0.5) is 0 Å². The number of carbonyl (C=O) groups excluding carboxylic acids is 1. The van der Waals surface area contributed by atoms with E-state index in [0.717, 1.165) is 22.8 Å². The Morgan fingerprint density at radius 1 is 1.17 bits per heavy atom. The second kappa shape index (κ2) is 7.64. The predicted molar refractivity (Wildman–Crippen MR) is 96.4 cm³/mol. The van der Waals surface area contributed by atoms with Crippen LogP contribution in [0.3, 0.4) is 0 Å². The second-order valence-electron chi connectivity index (χ2n) is 5.51. The van der Waals surface area contributed by atoms with Gasteiger partial charge in [0.25, 0.3) is 0 Å². The van der Waals surface area contributed by atoms with Crippen LogP contribution < -0.4 is 4.74 Å². The number of carbonyl (C=O) groups is 1. The Morgan fingerprint density at radius 2 is 2.04 bits per heavy atom. The molecule has 0 amide bonds. The maximum atomic E-state index is 12.1. The van der Waals surface area contributed by atoms with Gasteiger partial charge in [-0.2, -0.15) is 0 Å². The summed E-state index contributed by atoms with van der Waals surface area (Å²) in [4.78, 5) is 12.1. The minimum atomic E-state index is -0.329. The Balaban J connectivity index is 1.91. The van der Waals surface area contributed by atoms with Gasteiger partial charge in [0.15, 0.2) is 0 Å². The first-order valence-corrected chi connectivity index (χ1v) is 8.13. The molecule has 0 heterocycles. The summed E-state index contributed by atoms with van der Waals surface area (Å²) in [6, 6.07) is 11.5. The van der Waals surface area contributed by atoms with Gasteiger partial charge in [-0.05, 0) is 36.4 Å². The maximum Gasteiger partial charge on any atom is 0.338 e. The zero-order valence-corrected chi connectivity index (χ0v) is 13.7. The van der Waals surface area contributed by atoms with Crippen molar-refractivity contribution in [1.29, 1.82) is 0 Å². The van der Waals surface area contributed by atoms with E-state index in [4.69, 9.17) is 9.47 Å². The van der Waals surface area contributed by atoms with Crippen molar-refractivity contribution < 1.29 is 14.3 Å². The van der Waals surface area contributed by atoms with E-state index in [0.29, 0.717) is 24.5 Å². The highest BCUT2D eigenvalue weighted by Crippen LogP contribution is 2.28. The zero-order valence-electron chi connectivity index (χ0n) is 13.7. The first-order valence-electron chi connectivity index (χ1n) is 8.13. The summed E-state index contributed by atoms with van der Waals surface area (Å²) in [5.74, 6) is 0.364. The van der Waals surface area contributed by atoms with Crippen molar-refractivity contribution in [3.63, 3.8) is 0 Å². The van der Waals surface area contributed by atoms with Crippen LogP contribution in [0.2, 0.25) is 0 Å². The van der Waals surface area contributed by atoms with Gasteiger partial charge in [-0.25, -0.2) is 4.79 Å². The average molecular weight is 320 g/mol. The number of ether oxygens (including phenoxy) is 2. The van der Waals surface area contributed by atoms with Gasteiger partial charge in [-0.15, -0.1) is 0 Å². The van der Waals surface area contributed by atoms with Crippen LogP contribution in [-0.4, -0.2) is 19.2 Å². The van der Waals surface area contributed by atoms with Crippen LogP contribution in [0, 0.1) is 0 Å². The van der Waals surface area contributed by atoms with Gasteiger partial charge in [0.2, 0.25) is 0 Å². The molecule has 1 aliphatic rings. The molecule has 0 saturated carbocycles. The lowest BCUT2D eigenvalue weighted by Crippen LogP contribution is -2.06. The summed E-state index contributed by atoms with van der Waals surface area (Å²) in [5.41, 5.74) is 1.60. The molecule has 3 heteroatoms. The first-order chi connectivity index (χ1) is 11.8. The molecule has 0 spiro atoms. The molecule has 2 aromatic carbocycles. The van der Waals surface area contributed by atoms with Crippen molar-refractivity contribution >= 4 is 16.7 Å². The summed E-state index contributed by atoms with van der Waals surface area (Å²) in [5, 5.41) is 1.95. The van der Waals surface area contributed by atoms with Crippen LogP contribution in [0.15, 0.2) is 72.4 Å². The van der Waals surface area contributed by atoms with Crippen LogP contribution in [-0.2, 0) is 4.74 Å². The largest absolute Gasteiger partial charge is 0.488 e. The normalized spacial score (nSPS) is 13.5. The van der Waals surface area contributed by atoms with Crippen molar-refractivity contribution in [3.8, 4) is 5.75 Å². The molecule has 0 atom stereocenters. The Bertz CT molecular complexity index is 828. The van der Waals surface area contributed by atoms with Gasteiger partial charge < -0.3 is 9.47 Å². The predicted octanol–water partition coefficient (Wildman–Crippen LogP) is 4.84. The number of esters is 1. The minimum absolute atomic E-state index is 0.329. The van der Waals surface area contributed by atoms with E-state index in [2.05, 4.69) is 18.2 Å². The summed E-state index contributed by atoms with van der Waals surface area (Å²) in [6.45, 7) is 2.61. The van der Waals surface area contributed by atoms with Gasteiger partial charge in [0, 0.05) is 5.39 Å². The molecule has 1 aliphatic carbocycles. The Kier molecular flexibility index (Phi) is 5.12. The fraction of sp³-hybridized carbons (Fsp3) is 0.190. The number of hydrogen-bond acceptors (Lipinski definition) is 3. The smallest absolute Gasteiger partial charge is 0.338 e. The molecule has 0 unspecified atom stereocenters. The molecule has 24 heavy (non-hydrogen) atoms. The third kappa shape index (κ3) is 3.74. The monoisotopic (exact) mass is 320 g/mol. The third-order valence-corrected chi connectivity index (χ3v) is 3.78. The average Bonchev–Trinajstić information content (AvgIpc) is 2.88. The number of rotatable bonds is 5. The van der Waals surface area contributed by atoms with Crippen LogP contribution in [0.1, 0.15) is 23.7 Å². The van der Waals surface area contributed by atoms with E-state index in [1.54, 1.807) is 13.0 Å². The lowest BCUT2D eigenvalue weighted by atomic mass is 10.1. The Labute approximate surface area is 141 Å². The van der Waals surface area contributed by atoms with Crippen molar-refractivity contribution in [3.05, 3.63) is 77.9 Å². The quantitative estimate of drug-likeness (QED) is 0.740. The lowest BCUT2D eigenvalue weighted by Gasteiger charge is -2.12. The maximum absolute atomic E-state index is 12.1. The fourth-order valence-electron chi connectivity index (χ4n) is 2.61. The molecule has 0 bridgehead atoms. The molecule has 0 aromatic heterocycles. The van der Waals surface area contributed by atoms with Crippen molar-refractivity contribution in [1.82, 2.24) is 0 Å². The molecule has 0 fully saturated rings. The van der Waals surface area contributed by atoms with E-state index in [-0.39, 0.29) is 5.97 Å². The van der Waals surface area contributed by atoms with Crippen molar-refractivity contribution in [2.75, 3.05) is 13.2 Å². The van der Waals surface area contributed by atoms with E-state index < -0.39 is 0 Å². The minimum Gasteiger partial charge on any atom is -0.488 e. The molecule has 0 aliphatic heterocycles. The number of hydrogen-bond donors (Lipinski definition) is 0. The lowest BCUT2D eigenvalue weighted by molar-refractivity contribution is 0.0526. The molecule has 122 valence electrons. The standard InChI is InChI=1S/C21H20O3/c1-2-23-21(22)18-13-17-11-7-8-12-19(17)20(14-18)24-15-16-9-5-3-4-6-10-16/h3,5-14H,2,4,15H2,1H3. The van der Waals surface area contributed by atoms with Crippen LogP contribution in [0.5, 0.6) is 5.75 Å². The number of allylic oxidation sites excluding steroid dienone is 4. The van der Waals surface area contributed by atoms with Gasteiger partial charge >= 0.3 is 5.97 Å². The first kappa shape index (κ1) is 16.1. The summed E-state index contributed by atoms with van der Waals surface area (Å²) in [6.07, 6.45) is 11.3. The van der Waals surface area contributed by atoms with E-state index >= 15 is 0 Å². The Hall–Kier alpha value is -2.81. The molecule has 0 saturated heterocycles. The van der Waals surface area contributed by atoms with Crippen molar-refractivity contribution in [2.24, 2.45) is 0 Å². The van der Waals surface area contributed by atoms with Gasteiger partial charge in [-0.1, -0.05) is 54.6 Å². The summed E-state index contributed by atoms with van der Waals surface area (Å²) in [7, 11) is 0. The second-order valence-corrected chi connectivity index (χ2v) is 5.51. The highest BCUT2D eigenvalue weighted by atomic mass is 16.5. The fourth-order valence-corrected chi connectivity index (χ4v) is 2.61. The third-order valence-electron chi connectivity index (χ3n) is 3.78. The topological polar surface area (TPSA) is 35.5 Å². The van der Waals surface area contributed by atoms with E-state index in [9.17, 15) is 4.79 Å². The van der Waals surface area contributed by atoms with Crippen LogP contribution >= 0.6 is 0 Å². The SMILES string of the molecule is CCOC(=O)c1cc(OCC2=CC=CCC=C2)c2ccccc2c1. The van der Waals surface area contributed by atoms with Gasteiger partial charge in [0.05, 0.1) is 12.2 Å². The van der Waals surface area contributed by atoms with E-state index in [1.807, 2.05) is 42.5 Å². The number of fused-ring (bicyclic) bond motifs is 1. The highest BCUT2D eigenvalue weighted by molar-refractivity contribution is 5.98. The van der Waals surface area contributed by atoms with Gasteiger partial charge in [0.1, 0.15) is 12.4 Å². The molecule has 3 nitrogen and oxygen atoms in total. The van der Waals surface area contributed by atoms with Crippen LogP contribution in [0.25, 0.3) is 10.8 Å². The summed E-state index contributed by atoms with van der Waals surface area (Å²) >= 11 is 0. The molecule has 2 aromatic rings. The highest BCUT2D eigenvalue weighted by Gasteiger charge is 2.12. The molecule has 0 radical (unpaired) electrons.